The van der Waals surface area contributed by atoms with Gasteiger partial charge >= 0.3 is 0 Å². The van der Waals surface area contributed by atoms with E-state index in [1.807, 2.05) is 0 Å². The van der Waals surface area contributed by atoms with Crippen LogP contribution in [0.15, 0.2) is 17.3 Å². The van der Waals surface area contributed by atoms with Crippen LogP contribution < -0.4 is 5.73 Å². The van der Waals surface area contributed by atoms with Crippen LogP contribution in [0.5, 0.6) is 0 Å². The lowest BCUT2D eigenvalue weighted by Gasteiger charge is -2.36. The second-order valence-corrected chi connectivity index (χ2v) is 6.47. The van der Waals surface area contributed by atoms with Gasteiger partial charge in [0.25, 0.3) is 10.0 Å². The minimum atomic E-state index is -3.44. The second kappa shape index (κ2) is 5.38. The minimum absolute atomic E-state index is 0.136. The number of aromatic nitrogens is 2. The van der Waals surface area contributed by atoms with E-state index in [-0.39, 0.29) is 11.1 Å². The summed E-state index contributed by atoms with van der Waals surface area (Å²) in [5.74, 6) is 0. The first kappa shape index (κ1) is 13.5. The quantitative estimate of drug-likeness (QED) is 0.808. The molecule has 18 heavy (non-hydrogen) atoms. The number of nitrogens with zero attached hydrogens (tertiary/aromatic N) is 3. The van der Waals surface area contributed by atoms with E-state index in [0.29, 0.717) is 19.5 Å². The maximum Gasteiger partial charge on any atom is 0.260 e. The van der Waals surface area contributed by atoms with Gasteiger partial charge in [0.05, 0.1) is 6.20 Å². The molecule has 0 aromatic carbocycles. The highest BCUT2D eigenvalue weighted by atomic mass is 32.2. The molecule has 0 atom stereocenters. The molecule has 6 nitrogen and oxygen atoms in total. The highest BCUT2D eigenvalue weighted by molar-refractivity contribution is 7.89. The molecular formula is C11H20N4O2S. The number of rotatable bonds is 6. The van der Waals surface area contributed by atoms with Crippen LogP contribution in [-0.4, -0.2) is 41.6 Å². The summed E-state index contributed by atoms with van der Waals surface area (Å²) < 4.78 is 28.2. The second-order valence-electron chi connectivity index (χ2n) is 4.64. The van der Waals surface area contributed by atoms with E-state index < -0.39 is 10.0 Å². The summed E-state index contributed by atoms with van der Waals surface area (Å²) in [7, 11) is -1.79. The Balaban J connectivity index is 2.26. The molecule has 1 aromatic rings. The van der Waals surface area contributed by atoms with Crippen LogP contribution in [0.2, 0.25) is 0 Å². The molecule has 102 valence electrons. The molecule has 1 aromatic heterocycles. The molecule has 0 aliphatic heterocycles. The van der Waals surface area contributed by atoms with Gasteiger partial charge in [-0.15, -0.1) is 0 Å². The SMILES string of the molecule is Cn1nccc1S(=O)(=O)N(CCCN)C1CCC1. The highest BCUT2D eigenvalue weighted by Gasteiger charge is 2.35. The first-order chi connectivity index (χ1) is 8.57. The van der Waals surface area contributed by atoms with Gasteiger partial charge in [-0.3, -0.25) is 4.68 Å². The number of nitrogens with two attached hydrogens (primary N) is 1. The Morgan fingerprint density at radius 3 is 2.72 bits per heavy atom. The van der Waals surface area contributed by atoms with Crippen molar-refractivity contribution >= 4 is 10.0 Å². The van der Waals surface area contributed by atoms with Crippen LogP contribution >= 0.6 is 0 Å². The van der Waals surface area contributed by atoms with E-state index in [4.69, 9.17) is 5.73 Å². The number of hydrogen-bond donors (Lipinski definition) is 1. The van der Waals surface area contributed by atoms with E-state index >= 15 is 0 Å². The van der Waals surface area contributed by atoms with Gasteiger partial charge in [0, 0.05) is 19.6 Å². The lowest BCUT2D eigenvalue weighted by Crippen LogP contribution is -2.45. The lowest BCUT2D eigenvalue weighted by molar-refractivity contribution is 0.217. The summed E-state index contributed by atoms with van der Waals surface area (Å²) in [6.45, 7) is 0.999. The van der Waals surface area contributed by atoms with Gasteiger partial charge in [-0.2, -0.15) is 9.40 Å². The fraction of sp³-hybridized carbons (Fsp3) is 0.727. The van der Waals surface area contributed by atoms with Gasteiger partial charge in [0.1, 0.15) is 0 Å². The molecule has 1 saturated carbocycles. The molecule has 0 spiro atoms. The van der Waals surface area contributed by atoms with Crippen LogP contribution in [0.25, 0.3) is 0 Å². The molecule has 0 saturated heterocycles. The van der Waals surface area contributed by atoms with E-state index in [0.717, 1.165) is 19.3 Å². The lowest BCUT2D eigenvalue weighted by atomic mass is 9.93. The molecule has 1 heterocycles. The fourth-order valence-corrected chi connectivity index (χ4v) is 3.98. The van der Waals surface area contributed by atoms with Crippen molar-refractivity contribution in [2.24, 2.45) is 12.8 Å². The van der Waals surface area contributed by atoms with E-state index in [9.17, 15) is 8.42 Å². The van der Waals surface area contributed by atoms with Crippen LogP contribution in [0, 0.1) is 0 Å². The first-order valence-corrected chi connectivity index (χ1v) is 7.71. The molecule has 7 heteroatoms. The van der Waals surface area contributed by atoms with Crippen molar-refractivity contribution in [3.05, 3.63) is 12.3 Å². The zero-order chi connectivity index (χ0) is 13.2. The van der Waals surface area contributed by atoms with Crippen LogP contribution in [0.1, 0.15) is 25.7 Å². The van der Waals surface area contributed by atoms with E-state index in [1.165, 1.54) is 10.9 Å². The smallest absolute Gasteiger partial charge is 0.260 e. The third-order valence-corrected chi connectivity index (χ3v) is 5.44. The summed E-state index contributed by atoms with van der Waals surface area (Å²) >= 11 is 0. The topological polar surface area (TPSA) is 81.2 Å². The van der Waals surface area contributed by atoms with Crippen molar-refractivity contribution in [3.8, 4) is 0 Å². The predicted molar refractivity (Wildman–Crippen MR) is 68.4 cm³/mol. The molecule has 0 unspecified atom stereocenters. The molecule has 0 bridgehead atoms. The summed E-state index contributed by atoms with van der Waals surface area (Å²) in [4.78, 5) is 0. The van der Waals surface area contributed by atoms with Crippen LogP contribution in [0.4, 0.5) is 0 Å². The molecular weight excluding hydrogens is 252 g/mol. The Morgan fingerprint density at radius 2 is 2.28 bits per heavy atom. The van der Waals surface area contributed by atoms with Crippen molar-refractivity contribution in [2.45, 2.75) is 36.8 Å². The summed E-state index contributed by atoms with van der Waals surface area (Å²) in [5, 5.41) is 4.19. The molecule has 1 aliphatic rings. The normalized spacial score (nSPS) is 17.1. The summed E-state index contributed by atoms with van der Waals surface area (Å²) in [5.41, 5.74) is 5.49. The van der Waals surface area contributed by atoms with Crippen molar-refractivity contribution < 1.29 is 8.42 Å². The molecule has 2 rings (SSSR count). The van der Waals surface area contributed by atoms with Gasteiger partial charge < -0.3 is 5.73 Å². The van der Waals surface area contributed by atoms with Crippen molar-refractivity contribution in [2.75, 3.05) is 13.1 Å². The predicted octanol–water partition coefficient (Wildman–Crippen LogP) is 0.312. The van der Waals surface area contributed by atoms with E-state index in [1.54, 1.807) is 17.4 Å². The molecule has 1 fully saturated rings. The average molecular weight is 272 g/mol. The molecule has 1 aliphatic carbocycles. The Kier molecular flexibility index (Phi) is 4.04. The average Bonchev–Trinajstić information content (AvgIpc) is 2.68. The van der Waals surface area contributed by atoms with Gasteiger partial charge in [-0.25, -0.2) is 8.42 Å². The zero-order valence-electron chi connectivity index (χ0n) is 10.6. The maximum absolute atomic E-state index is 12.6. The largest absolute Gasteiger partial charge is 0.330 e. The Labute approximate surface area is 108 Å². The molecule has 2 N–H and O–H groups in total. The monoisotopic (exact) mass is 272 g/mol. The minimum Gasteiger partial charge on any atom is -0.330 e. The van der Waals surface area contributed by atoms with Gasteiger partial charge in [-0.05, 0) is 31.9 Å². The van der Waals surface area contributed by atoms with Crippen LogP contribution in [0.3, 0.4) is 0 Å². The fourth-order valence-electron chi connectivity index (χ4n) is 2.16. The number of hydrogen-bond acceptors (Lipinski definition) is 4. The van der Waals surface area contributed by atoms with Gasteiger partial charge in [0.2, 0.25) is 0 Å². The Hall–Kier alpha value is -0.920. The Bertz CT molecular complexity index is 493. The summed E-state index contributed by atoms with van der Waals surface area (Å²) in [6, 6.07) is 1.68. The Morgan fingerprint density at radius 1 is 1.56 bits per heavy atom. The molecule has 0 amide bonds. The van der Waals surface area contributed by atoms with Crippen molar-refractivity contribution in [3.63, 3.8) is 0 Å². The van der Waals surface area contributed by atoms with Gasteiger partial charge in [-0.1, -0.05) is 6.42 Å². The summed E-state index contributed by atoms with van der Waals surface area (Å²) in [6.07, 6.45) is 5.19. The highest BCUT2D eigenvalue weighted by Crippen LogP contribution is 2.29. The molecule has 0 radical (unpaired) electrons. The third-order valence-electron chi connectivity index (χ3n) is 3.41. The van der Waals surface area contributed by atoms with Crippen LogP contribution in [-0.2, 0) is 17.1 Å². The standard InChI is InChI=1S/C11H20N4O2S/c1-14-11(6-8-13-14)18(16,17)15(9-3-7-12)10-4-2-5-10/h6,8,10H,2-5,7,9,12H2,1H3. The zero-order valence-corrected chi connectivity index (χ0v) is 11.4. The van der Waals surface area contributed by atoms with Crippen molar-refractivity contribution in [1.82, 2.24) is 14.1 Å². The number of aryl methyl sites for hydroxylation is 1. The number of sulfonamides is 1. The first-order valence-electron chi connectivity index (χ1n) is 6.27. The maximum atomic E-state index is 12.6. The van der Waals surface area contributed by atoms with Gasteiger partial charge in [0.15, 0.2) is 5.03 Å². The van der Waals surface area contributed by atoms with E-state index in [2.05, 4.69) is 5.10 Å². The van der Waals surface area contributed by atoms with Crippen molar-refractivity contribution in [1.29, 1.82) is 0 Å². The third kappa shape index (κ3) is 2.43.